The fourth-order valence-corrected chi connectivity index (χ4v) is 2.29. The number of nitrogens with zero attached hydrogens (tertiary/aromatic N) is 2. The second kappa shape index (κ2) is 4.50. The Morgan fingerprint density at radius 1 is 1.37 bits per heavy atom. The SMILES string of the molecule is O=C([O-])CCc1nc2ccccc2c(=O)n1C1CC1. The number of carboxylic acid groups (broad SMARTS) is 1. The lowest BCUT2D eigenvalue weighted by Crippen LogP contribution is -2.27. The van der Waals surface area contributed by atoms with Crippen molar-refractivity contribution < 1.29 is 9.90 Å². The quantitative estimate of drug-likeness (QED) is 0.795. The van der Waals surface area contributed by atoms with Gasteiger partial charge in [-0.3, -0.25) is 9.36 Å². The van der Waals surface area contributed by atoms with E-state index in [-0.39, 0.29) is 24.4 Å². The smallest absolute Gasteiger partial charge is 0.261 e. The molecule has 0 aliphatic heterocycles. The van der Waals surface area contributed by atoms with Crippen LogP contribution in [0.25, 0.3) is 10.9 Å². The van der Waals surface area contributed by atoms with E-state index >= 15 is 0 Å². The van der Waals surface area contributed by atoms with E-state index < -0.39 is 5.97 Å². The third-order valence-corrected chi connectivity index (χ3v) is 3.35. The largest absolute Gasteiger partial charge is 0.550 e. The van der Waals surface area contributed by atoms with Gasteiger partial charge in [0.2, 0.25) is 0 Å². The van der Waals surface area contributed by atoms with Gasteiger partial charge in [-0.2, -0.15) is 0 Å². The highest BCUT2D eigenvalue weighted by molar-refractivity contribution is 5.77. The molecule has 0 bridgehead atoms. The van der Waals surface area contributed by atoms with Gasteiger partial charge in [-0.1, -0.05) is 12.1 Å². The van der Waals surface area contributed by atoms with Gasteiger partial charge in [0.1, 0.15) is 5.82 Å². The van der Waals surface area contributed by atoms with E-state index in [2.05, 4.69) is 4.98 Å². The molecule has 0 N–H and O–H groups in total. The summed E-state index contributed by atoms with van der Waals surface area (Å²) in [5.74, 6) is -0.569. The number of hydrogen-bond acceptors (Lipinski definition) is 4. The normalized spacial score (nSPS) is 14.7. The molecule has 19 heavy (non-hydrogen) atoms. The number of para-hydroxylation sites is 1. The van der Waals surface area contributed by atoms with Crippen molar-refractivity contribution in [3.8, 4) is 0 Å². The van der Waals surface area contributed by atoms with Crippen LogP contribution in [-0.4, -0.2) is 15.5 Å². The lowest BCUT2D eigenvalue weighted by molar-refractivity contribution is -0.305. The highest BCUT2D eigenvalue weighted by atomic mass is 16.4. The van der Waals surface area contributed by atoms with Crippen LogP contribution in [0.1, 0.15) is 31.1 Å². The van der Waals surface area contributed by atoms with Crippen molar-refractivity contribution >= 4 is 16.9 Å². The molecule has 1 aliphatic carbocycles. The lowest BCUT2D eigenvalue weighted by Gasteiger charge is -2.12. The predicted molar refractivity (Wildman–Crippen MR) is 67.6 cm³/mol. The van der Waals surface area contributed by atoms with Gasteiger partial charge >= 0.3 is 0 Å². The molecule has 1 aliphatic rings. The minimum Gasteiger partial charge on any atom is -0.550 e. The van der Waals surface area contributed by atoms with Crippen molar-refractivity contribution in [1.29, 1.82) is 0 Å². The van der Waals surface area contributed by atoms with Crippen molar-refractivity contribution in [2.24, 2.45) is 0 Å². The summed E-state index contributed by atoms with van der Waals surface area (Å²) in [4.78, 5) is 27.5. The van der Waals surface area contributed by atoms with Gasteiger partial charge in [-0.05, 0) is 31.4 Å². The first kappa shape index (κ1) is 11.9. The number of rotatable bonds is 4. The van der Waals surface area contributed by atoms with Gasteiger partial charge < -0.3 is 9.90 Å². The van der Waals surface area contributed by atoms with Gasteiger partial charge in [0.25, 0.3) is 5.56 Å². The molecule has 0 radical (unpaired) electrons. The van der Waals surface area contributed by atoms with Crippen LogP contribution in [0, 0.1) is 0 Å². The van der Waals surface area contributed by atoms with E-state index in [1.807, 2.05) is 12.1 Å². The summed E-state index contributed by atoms with van der Waals surface area (Å²) in [7, 11) is 0. The average Bonchev–Trinajstić information content (AvgIpc) is 3.21. The van der Waals surface area contributed by atoms with Gasteiger partial charge in [0.15, 0.2) is 0 Å². The molecule has 0 saturated heterocycles. The molecule has 1 saturated carbocycles. The van der Waals surface area contributed by atoms with Crippen molar-refractivity contribution in [2.45, 2.75) is 31.7 Å². The maximum atomic E-state index is 12.4. The van der Waals surface area contributed by atoms with E-state index in [4.69, 9.17) is 0 Å². The minimum absolute atomic E-state index is 0.0681. The summed E-state index contributed by atoms with van der Waals surface area (Å²) in [6.45, 7) is 0. The van der Waals surface area contributed by atoms with Crippen LogP contribution in [-0.2, 0) is 11.2 Å². The third kappa shape index (κ3) is 2.23. The molecule has 1 aromatic carbocycles. The Balaban J connectivity index is 2.15. The van der Waals surface area contributed by atoms with E-state index in [0.717, 1.165) is 12.8 Å². The molecule has 5 nitrogen and oxygen atoms in total. The number of hydrogen-bond donors (Lipinski definition) is 0. The molecule has 1 aromatic heterocycles. The highest BCUT2D eigenvalue weighted by Gasteiger charge is 2.28. The summed E-state index contributed by atoms with van der Waals surface area (Å²) in [5.41, 5.74) is 0.555. The van der Waals surface area contributed by atoms with Crippen molar-refractivity contribution in [3.63, 3.8) is 0 Å². The first-order chi connectivity index (χ1) is 9.16. The van der Waals surface area contributed by atoms with E-state index in [0.29, 0.717) is 16.7 Å². The van der Waals surface area contributed by atoms with Gasteiger partial charge in [-0.25, -0.2) is 4.98 Å². The molecule has 0 atom stereocenters. The molecule has 1 heterocycles. The molecule has 0 spiro atoms. The van der Waals surface area contributed by atoms with Crippen molar-refractivity contribution in [1.82, 2.24) is 9.55 Å². The number of carboxylic acids is 1. The van der Waals surface area contributed by atoms with E-state index in [1.54, 1.807) is 16.7 Å². The molecule has 1 fully saturated rings. The number of aryl methyl sites for hydroxylation is 1. The number of fused-ring (bicyclic) bond motifs is 1. The van der Waals surface area contributed by atoms with Crippen LogP contribution in [0.3, 0.4) is 0 Å². The van der Waals surface area contributed by atoms with Gasteiger partial charge in [0, 0.05) is 18.4 Å². The minimum atomic E-state index is -1.12. The summed E-state index contributed by atoms with van der Waals surface area (Å²) in [6.07, 6.45) is 2.03. The van der Waals surface area contributed by atoms with Crippen LogP contribution in [0.4, 0.5) is 0 Å². The van der Waals surface area contributed by atoms with Crippen LogP contribution in [0.5, 0.6) is 0 Å². The first-order valence-corrected chi connectivity index (χ1v) is 6.37. The maximum Gasteiger partial charge on any atom is 0.261 e. The third-order valence-electron chi connectivity index (χ3n) is 3.35. The second-order valence-electron chi connectivity index (χ2n) is 4.82. The van der Waals surface area contributed by atoms with Crippen LogP contribution in [0.2, 0.25) is 0 Å². The average molecular weight is 257 g/mol. The monoisotopic (exact) mass is 257 g/mol. The van der Waals surface area contributed by atoms with Crippen molar-refractivity contribution in [3.05, 3.63) is 40.4 Å². The van der Waals surface area contributed by atoms with Gasteiger partial charge in [0.05, 0.1) is 10.9 Å². The molecule has 3 rings (SSSR count). The van der Waals surface area contributed by atoms with Crippen molar-refractivity contribution in [2.75, 3.05) is 0 Å². The summed E-state index contributed by atoms with van der Waals surface area (Å²) >= 11 is 0. The fourth-order valence-electron chi connectivity index (χ4n) is 2.29. The second-order valence-corrected chi connectivity index (χ2v) is 4.82. The molecule has 0 amide bonds. The Labute approximate surface area is 109 Å². The Bertz CT molecular complexity index is 701. The number of carbonyl (C=O) groups excluding carboxylic acids is 1. The standard InChI is InChI=1S/C14H14N2O3/c17-13(18)8-7-12-15-11-4-2-1-3-10(11)14(19)16(12)9-5-6-9/h1-4,9H,5-8H2,(H,17,18)/p-1. The highest BCUT2D eigenvalue weighted by Crippen LogP contribution is 2.34. The number of benzene rings is 1. The summed E-state index contributed by atoms with van der Waals surface area (Å²) in [6, 6.07) is 7.34. The fraction of sp³-hybridized carbons (Fsp3) is 0.357. The predicted octanol–water partition coefficient (Wildman–Crippen LogP) is 0.414. The molecule has 2 aromatic rings. The maximum absolute atomic E-state index is 12.4. The van der Waals surface area contributed by atoms with Gasteiger partial charge in [-0.15, -0.1) is 0 Å². The summed E-state index contributed by atoms with van der Waals surface area (Å²) in [5, 5.41) is 11.2. The van der Waals surface area contributed by atoms with Crippen LogP contribution >= 0.6 is 0 Å². The van der Waals surface area contributed by atoms with E-state index in [1.165, 1.54) is 0 Å². The molecule has 98 valence electrons. The zero-order valence-electron chi connectivity index (χ0n) is 10.3. The Kier molecular flexibility index (Phi) is 2.81. The molecule has 5 heteroatoms. The zero-order valence-corrected chi connectivity index (χ0v) is 10.3. The molecular formula is C14H13N2O3-. The zero-order chi connectivity index (χ0) is 13.4. The number of carbonyl (C=O) groups is 1. The molecular weight excluding hydrogens is 244 g/mol. The number of aromatic nitrogens is 2. The molecule has 0 unspecified atom stereocenters. The van der Waals surface area contributed by atoms with E-state index in [9.17, 15) is 14.7 Å². The summed E-state index contributed by atoms with van der Waals surface area (Å²) < 4.78 is 1.66. The first-order valence-electron chi connectivity index (χ1n) is 6.37. The Hall–Kier alpha value is -2.17. The van der Waals surface area contributed by atoms with Crippen LogP contribution in [0.15, 0.2) is 29.1 Å². The Morgan fingerprint density at radius 3 is 2.79 bits per heavy atom. The number of aliphatic carboxylic acids is 1. The topological polar surface area (TPSA) is 75.0 Å². The van der Waals surface area contributed by atoms with Crippen LogP contribution < -0.4 is 10.7 Å². The Morgan fingerprint density at radius 2 is 2.11 bits per heavy atom. The lowest BCUT2D eigenvalue weighted by atomic mass is 10.2.